The molecule has 3 nitrogen and oxygen atoms in total. The van der Waals surface area contributed by atoms with Crippen LogP contribution in [0.2, 0.25) is 0 Å². The van der Waals surface area contributed by atoms with Gasteiger partial charge in [0.15, 0.2) is 12.6 Å². The Morgan fingerprint density at radius 3 is 2.57 bits per heavy atom. The third kappa shape index (κ3) is 1.96. The quantitative estimate of drug-likeness (QED) is 0.690. The summed E-state index contributed by atoms with van der Waals surface area (Å²) >= 11 is 0. The van der Waals surface area contributed by atoms with E-state index in [0.29, 0.717) is 19.2 Å². The smallest absolute Gasteiger partial charge is 0.154 e. The van der Waals surface area contributed by atoms with Gasteiger partial charge in [-0.1, -0.05) is 0 Å². The number of aldehydes is 2. The Bertz CT molecular complexity index is 361. The Balaban J connectivity index is 3.30. The second-order valence-electron chi connectivity index (χ2n) is 2.58. The molecule has 1 aromatic rings. The van der Waals surface area contributed by atoms with Gasteiger partial charge in [0.1, 0.15) is 11.6 Å². The molecule has 0 aliphatic heterocycles. The maximum absolute atomic E-state index is 12.9. The minimum Gasteiger partial charge on any atom is -0.493 e. The molecule has 1 aromatic carbocycles. The number of benzene rings is 1. The SMILES string of the molecule is CCOc1cc(F)cc(C=O)c1C=O. The number of halogens is 1. The number of carbonyl (C=O) groups is 2. The van der Waals surface area contributed by atoms with Crippen molar-refractivity contribution in [2.45, 2.75) is 6.92 Å². The highest BCUT2D eigenvalue weighted by Gasteiger charge is 2.10. The Labute approximate surface area is 80.5 Å². The molecule has 74 valence electrons. The van der Waals surface area contributed by atoms with E-state index in [9.17, 15) is 14.0 Å². The zero-order valence-electron chi connectivity index (χ0n) is 7.62. The zero-order valence-corrected chi connectivity index (χ0v) is 7.62. The monoisotopic (exact) mass is 196 g/mol. The van der Waals surface area contributed by atoms with Crippen molar-refractivity contribution < 1.29 is 18.7 Å². The first kappa shape index (κ1) is 10.4. The molecule has 0 amide bonds. The van der Waals surface area contributed by atoms with Crippen LogP contribution in [0.3, 0.4) is 0 Å². The summed E-state index contributed by atoms with van der Waals surface area (Å²) in [7, 11) is 0. The zero-order chi connectivity index (χ0) is 10.6. The molecule has 0 aliphatic rings. The second-order valence-corrected chi connectivity index (χ2v) is 2.58. The van der Waals surface area contributed by atoms with E-state index >= 15 is 0 Å². The average Bonchev–Trinajstić information content (AvgIpc) is 2.17. The molecule has 14 heavy (non-hydrogen) atoms. The summed E-state index contributed by atoms with van der Waals surface area (Å²) in [5, 5.41) is 0. The molecule has 0 heterocycles. The lowest BCUT2D eigenvalue weighted by atomic mass is 10.1. The summed E-state index contributed by atoms with van der Waals surface area (Å²) in [5.41, 5.74) is 0.0895. The van der Waals surface area contributed by atoms with E-state index < -0.39 is 5.82 Å². The molecule has 0 saturated heterocycles. The molecular weight excluding hydrogens is 187 g/mol. The van der Waals surface area contributed by atoms with Crippen molar-refractivity contribution in [2.24, 2.45) is 0 Å². The standard InChI is InChI=1S/C10H9FO3/c1-2-14-10-4-8(11)3-7(5-12)9(10)6-13/h3-6H,2H2,1H3. The maximum Gasteiger partial charge on any atom is 0.154 e. The van der Waals surface area contributed by atoms with E-state index in [1.165, 1.54) is 0 Å². The van der Waals surface area contributed by atoms with Crippen molar-refractivity contribution in [3.63, 3.8) is 0 Å². The topological polar surface area (TPSA) is 43.4 Å². The molecule has 0 radical (unpaired) electrons. The van der Waals surface area contributed by atoms with Gasteiger partial charge in [-0.25, -0.2) is 4.39 Å². The molecule has 0 unspecified atom stereocenters. The van der Waals surface area contributed by atoms with Gasteiger partial charge in [-0.05, 0) is 13.0 Å². The van der Waals surface area contributed by atoms with Crippen LogP contribution in [-0.4, -0.2) is 19.2 Å². The van der Waals surface area contributed by atoms with Crippen LogP contribution >= 0.6 is 0 Å². The van der Waals surface area contributed by atoms with Crippen LogP contribution in [-0.2, 0) is 0 Å². The largest absolute Gasteiger partial charge is 0.493 e. The van der Waals surface area contributed by atoms with Crippen molar-refractivity contribution in [1.29, 1.82) is 0 Å². The highest BCUT2D eigenvalue weighted by Crippen LogP contribution is 2.21. The fourth-order valence-electron chi connectivity index (χ4n) is 1.11. The van der Waals surface area contributed by atoms with Gasteiger partial charge in [-0.3, -0.25) is 9.59 Å². The summed E-state index contributed by atoms with van der Waals surface area (Å²) in [6.45, 7) is 2.02. The molecule has 0 atom stereocenters. The van der Waals surface area contributed by atoms with E-state index in [-0.39, 0.29) is 16.9 Å². The lowest BCUT2D eigenvalue weighted by Crippen LogP contribution is -2.00. The lowest BCUT2D eigenvalue weighted by Gasteiger charge is -2.07. The van der Waals surface area contributed by atoms with Gasteiger partial charge < -0.3 is 4.74 Å². The van der Waals surface area contributed by atoms with Gasteiger partial charge in [0.25, 0.3) is 0 Å². The van der Waals surface area contributed by atoms with Crippen LogP contribution in [0.4, 0.5) is 4.39 Å². The Hall–Kier alpha value is -1.71. The predicted molar refractivity (Wildman–Crippen MR) is 48.3 cm³/mol. The van der Waals surface area contributed by atoms with Crippen LogP contribution < -0.4 is 4.74 Å². The fraction of sp³-hybridized carbons (Fsp3) is 0.200. The Morgan fingerprint density at radius 1 is 1.36 bits per heavy atom. The summed E-state index contributed by atoms with van der Waals surface area (Å²) in [6.07, 6.45) is 0.906. The Kier molecular flexibility index (Phi) is 3.34. The minimum atomic E-state index is -0.596. The fourth-order valence-corrected chi connectivity index (χ4v) is 1.11. The first-order valence-corrected chi connectivity index (χ1v) is 4.09. The molecule has 0 aliphatic carbocycles. The van der Waals surface area contributed by atoms with Crippen molar-refractivity contribution in [3.05, 3.63) is 29.1 Å². The highest BCUT2D eigenvalue weighted by molar-refractivity contribution is 5.92. The van der Waals surface area contributed by atoms with Crippen LogP contribution in [0.5, 0.6) is 5.75 Å². The number of carbonyl (C=O) groups excluding carboxylic acids is 2. The van der Waals surface area contributed by atoms with Gasteiger partial charge in [0.2, 0.25) is 0 Å². The van der Waals surface area contributed by atoms with Crippen LogP contribution in [0.25, 0.3) is 0 Å². The molecule has 0 spiro atoms. The van der Waals surface area contributed by atoms with E-state index in [4.69, 9.17) is 4.74 Å². The second kappa shape index (κ2) is 4.50. The molecular formula is C10H9FO3. The number of rotatable bonds is 4. The van der Waals surface area contributed by atoms with Crippen LogP contribution in [0.15, 0.2) is 12.1 Å². The molecule has 0 saturated carbocycles. The lowest BCUT2D eigenvalue weighted by molar-refractivity contribution is 0.109. The first-order valence-electron chi connectivity index (χ1n) is 4.09. The summed E-state index contributed by atoms with van der Waals surface area (Å²) in [6, 6.07) is 2.08. The van der Waals surface area contributed by atoms with Crippen LogP contribution in [0.1, 0.15) is 27.6 Å². The minimum absolute atomic E-state index is 0.00319. The van der Waals surface area contributed by atoms with E-state index in [1.54, 1.807) is 6.92 Å². The van der Waals surface area contributed by atoms with Gasteiger partial charge in [-0.15, -0.1) is 0 Å². The number of hydrogen-bond acceptors (Lipinski definition) is 3. The normalized spacial score (nSPS) is 9.57. The number of ether oxygens (including phenoxy) is 1. The van der Waals surface area contributed by atoms with Crippen molar-refractivity contribution in [2.75, 3.05) is 6.61 Å². The highest BCUT2D eigenvalue weighted by atomic mass is 19.1. The molecule has 4 heteroatoms. The van der Waals surface area contributed by atoms with E-state index in [0.717, 1.165) is 12.1 Å². The van der Waals surface area contributed by atoms with Crippen molar-refractivity contribution >= 4 is 12.6 Å². The van der Waals surface area contributed by atoms with E-state index in [1.807, 2.05) is 0 Å². The molecule has 0 N–H and O–H groups in total. The molecule has 1 rings (SSSR count). The summed E-state index contributed by atoms with van der Waals surface area (Å²) < 4.78 is 17.9. The molecule has 0 bridgehead atoms. The Morgan fingerprint density at radius 2 is 2.07 bits per heavy atom. The van der Waals surface area contributed by atoms with Gasteiger partial charge in [0.05, 0.1) is 12.2 Å². The maximum atomic E-state index is 12.9. The summed E-state index contributed by atoms with van der Waals surface area (Å²) in [5.74, 6) is -0.495. The average molecular weight is 196 g/mol. The molecule has 0 fully saturated rings. The van der Waals surface area contributed by atoms with Crippen molar-refractivity contribution in [1.82, 2.24) is 0 Å². The van der Waals surface area contributed by atoms with Gasteiger partial charge >= 0.3 is 0 Å². The van der Waals surface area contributed by atoms with Gasteiger partial charge in [-0.2, -0.15) is 0 Å². The summed E-state index contributed by atoms with van der Waals surface area (Å²) in [4.78, 5) is 21.1. The van der Waals surface area contributed by atoms with Gasteiger partial charge in [0, 0.05) is 11.6 Å². The number of hydrogen-bond donors (Lipinski definition) is 0. The third-order valence-electron chi connectivity index (χ3n) is 1.68. The van der Waals surface area contributed by atoms with Crippen LogP contribution in [0, 0.1) is 5.82 Å². The van der Waals surface area contributed by atoms with Crippen molar-refractivity contribution in [3.8, 4) is 5.75 Å². The predicted octanol–water partition coefficient (Wildman–Crippen LogP) is 1.85. The first-order chi connectivity index (χ1) is 6.72. The third-order valence-corrected chi connectivity index (χ3v) is 1.68. The van der Waals surface area contributed by atoms with E-state index in [2.05, 4.69) is 0 Å². The molecule has 0 aromatic heterocycles.